The van der Waals surface area contributed by atoms with Gasteiger partial charge in [-0.3, -0.25) is 4.79 Å². The van der Waals surface area contributed by atoms with Gasteiger partial charge in [0.2, 0.25) is 10.0 Å². The molecule has 0 radical (unpaired) electrons. The van der Waals surface area contributed by atoms with E-state index in [9.17, 15) is 36.8 Å². The summed E-state index contributed by atoms with van der Waals surface area (Å²) in [6.07, 6.45) is -1.63. The summed E-state index contributed by atoms with van der Waals surface area (Å²) in [4.78, 5) is 40.5. The lowest BCUT2D eigenvalue weighted by Gasteiger charge is -2.32. The van der Waals surface area contributed by atoms with E-state index in [1.807, 2.05) is 0 Å². The molecule has 0 heterocycles. The van der Waals surface area contributed by atoms with Crippen molar-refractivity contribution >= 4 is 33.4 Å². The van der Waals surface area contributed by atoms with Gasteiger partial charge in [-0.2, -0.15) is 4.91 Å². The molecule has 12 nitrogen and oxygen atoms in total. The predicted molar refractivity (Wildman–Crippen MR) is 201 cm³/mol. The van der Waals surface area contributed by atoms with Crippen LogP contribution in [0.15, 0.2) is 96.2 Å². The Hall–Kier alpha value is -5.41. The lowest BCUT2D eigenvalue weighted by molar-refractivity contribution is 0.00836. The maximum atomic E-state index is 14.3. The molecule has 1 unspecified atom stereocenters. The van der Waals surface area contributed by atoms with Crippen molar-refractivity contribution in [2.24, 2.45) is 5.18 Å². The van der Waals surface area contributed by atoms with Crippen LogP contribution in [0.25, 0.3) is 0 Å². The lowest BCUT2D eigenvalue weighted by atomic mass is 9.98. The van der Waals surface area contributed by atoms with Crippen molar-refractivity contribution in [1.82, 2.24) is 10.2 Å². The number of methoxy groups -OCH3 is 1. The number of para-hydroxylation sites is 1. The fourth-order valence-electron chi connectivity index (χ4n) is 5.67. The molecule has 54 heavy (non-hydrogen) atoms. The smallest absolute Gasteiger partial charge is 0.410 e. The molecule has 0 aliphatic heterocycles. The second kappa shape index (κ2) is 17.6. The van der Waals surface area contributed by atoms with Crippen LogP contribution in [0.2, 0.25) is 0 Å². The molecule has 288 valence electrons. The summed E-state index contributed by atoms with van der Waals surface area (Å²) in [6.45, 7) is 6.07. The SMILES string of the molecule is COc1cccc(CN(C[C@@H](O)[C@H](Cc2cc(F)cc(F)c2)NC(=O)c2cc(C(C)N=O)cc(N(c3ccccc3)S(C)(=O)=O)c2)C(=O)OC(C)(C)C)c1. The molecule has 0 fully saturated rings. The standard InChI is InChI=1S/C39H44F2N4O8S/c1-25(43-49)28-19-29(21-33(20-28)45(54(6,50)51)32-12-8-7-9-13-32)37(47)42-35(18-27-15-30(40)22-31(41)16-27)36(46)24-44(38(48)53-39(2,3)4)23-26-11-10-14-34(17-26)52-5/h7-17,19-22,25,35-36,46H,18,23-24H2,1-6H3,(H,42,47)/t25?,35-,36+/m0/s1. The van der Waals surface area contributed by atoms with Crippen molar-refractivity contribution in [3.8, 4) is 5.75 Å². The van der Waals surface area contributed by atoms with E-state index in [2.05, 4.69) is 10.5 Å². The molecule has 0 bridgehead atoms. The Morgan fingerprint density at radius 1 is 0.907 bits per heavy atom. The van der Waals surface area contributed by atoms with Gasteiger partial charge in [-0.25, -0.2) is 26.3 Å². The zero-order chi connectivity index (χ0) is 39.8. The molecular weight excluding hydrogens is 723 g/mol. The number of carbonyl (C=O) groups excluding carboxylic acids is 2. The number of nitrogens with one attached hydrogen (secondary N) is 1. The van der Waals surface area contributed by atoms with Crippen molar-refractivity contribution in [2.75, 3.05) is 24.2 Å². The number of rotatable bonds is 15. The Kier molecular flexibility index (Phi) is 13.5. The van der Waals surface area contributed by atoms with Crippen LogP contribution in [-0.2, 0) is 27.7 Å². The Labute approximate surface area is 313 Å². The minimum Gasteiger partial charge on any atom is -0.497 e. The first-order valence-corrected chi connectivity index (χ1v) is 18.8. The lowest BCUT2D eigenvalue weighted by Crippen LogP contribution is -2.51. The quantitative estimate of drug-likeness (QED) is 0.122. The van der Waals surface area contributed by atoms with E-state index in [0.29, 0.717) is 17.4 Å². The molecule has 2 amide bonds. The number of carbonyl (C=O) groups is 2. The van der Waals surface area contributed by atoms with Crippen LogP contribution < -0.4 is 14.4 Å². The molecular formula is C39H44F2N4O8S. The van der Waals surface area contributed by atoms with Gasteiger partial charge in [0.15, 0.2) is 0 Å². The van der Waals surface area contributed by atoms with Crippen molar-refractivity contribution in [2.45, 2.75) is 64.4 Å². The normalized spacial score (nSPS) is 13.3. The third-order valence-corrected chi connectivity index (χ3v) is 9.21. The first-order chi connectivity index (χ1) is 25.4. The summed E-state index contributed by atoms with van der Waals surface area (Å²) < 4.78 is 66.8. The molecule has 0 saturated heterocycles. The van der Waals surface area contributed by atoms with Crippen molar-refractivity contribution in [1.29, 1.82) is 0 Å². The van der Waals surface area contributed by atoms with E-state index < -0.39 is 64.0 Å². The summed E-state index contributed by atoms with van der Waals surface area (Å²) in [5.41, 5.74) is 0.222. The van der Waals surface area contributed by atoms with Crippen LogP contribution >= 0.6 is 0 Å². The van der Waals surface area contributed by atoms with E-state index >= 15 is 0 Å². The van der Waals surface area contributed by atoms with E-state index in [4.69, 9.17) is 9.47 Å². The minimum absolute atomic E-state index is 0.0283. The first-order valence-electron chi connectivity index (χ1n) is 16.9. The van der Waals surface area contributed by atoms with Crippen LogP contribution in [-0.4, -0.2) is 68.1 Å². The van der Waals surface area contributed by atoms with Crippen LogP contribution in [0.5, 0.6) is 5.75 Å². The van der Waals surface area contributed by atoms with Crippen LogP contribution in [0.3, 0.4) is 0 Å². The number of aliphatic hydroxyl groups excluding tert-OH is 1. The number of ether oxygens (including phenoxy) is 2. The molecule has 0 saturated carbocycles. The van der Waals surface area contributed by atoms with Gasteiger partial charge in [0.1, 0.15) is 29.0 Å². The van der Waals surface area contributed by atoms with Crippen LogP contribution in [0, 0.1) is 16.5 Å². The van der Waals surface area contributed by atoms with Gasteiger partial charge in [0.05, 0.1) is 43.4 Å². The number of hydrogen-bond acceptors (Lipinski definition) is 9. The molecule has 4 rings (SSSR count). The highest BCUT2D eigenvalue weighted by Gasteiger charge is 2.31. The molecule has 0 aromatic heterocycles. The third-order valence-electron chi connectivity index (χ3n) is 8.13. The van der Waals surface area contributed by atoms with Gasteiger partial charge in [0.25, 0.3) is 5.91 Å². The fraction of sp³-hybridized carbons (Fsp3) is 0.333. The molecule has 0 spiro atoms. The number of hydrogen-bond donors (Lipinski definition) is 2. The van der Waals surface area contributed by atoms with Gasteiger partial charge < -0.3 is 24.8 Å². The Balaban J connectivity index is 1.76. The zero-order valence-corrected chi connectivity index (χ0v) is 31.6. The van der Waals surface area contributed by atoms with Crippen molar-refractivity contribution in [3.63, 3.8) is 0 Å². The molecule has 4 aromatic carbocycles. The van der Waals surface area contributed by atoms with Crippen molar-refractivity contribution in [3.05, 3.63) is 130 Å². The highest BCUT2D eigenvalue weighted by atomic mass is 32.2. The average molecular weight is 767 g/mol. The molecule has 3 atom stereocenters. The first kappa shape index (κ1) is 41.3. The van der Waals surface area contributed by atoms with Gasteiger partial charge in [-0.05, 0) is 105 Å². The zero-order valence-electron chi connectivity index (χ0n) is 30.8. The van der Waals surface area contributed by atoms with Crippen molar-refractivity contribution < 1.29 is 41.4 Å². The number of aliphatic hydroxyl groups is 1. The van der Waals surface area contributed by atoms with E-state index in [1.165, 1.54) is 37.1 Å². The fourth-order valence-corrected chi connectivity index (χ4v) is 6.67. The summed E-state index contributed by atoms with van der Waals surface area (Å²) >= 11 is 0. The van der Waals surface area contributed by atoms with E-state index in [0.717, 1.165) is 22.7 Å². The molecule has 0 aliphatic carbocycles. The predicted octanol–water partition coefficient (Wildman–Crippen LogP) is 7.04. The molecule has 0 aliphatic rings. The van der Waals surface area contributed by atoms with Gasteiger partial charge in [-0.15, -0.1) is 0 Å². The van der Waals surface area contributed by atoms with E-state index in [-0.39, 0.29) is 41.0 Å². The highest BCUT2D eigenvalue weighted by Crippen LogP contribution is 2.32. The van der Waals surface area contributed by atoms with Gasteiger partial charge in [-0.1, -0.05) is 35.5 Å². The molecule has 4 aromatic rings. The Morgan fingerprint density at radius 2 is 1.57 bits per heavy atom. The summed E-state index contributed by atoms with van der Waals surface area (Å²) in [7, 11) is -2.50. The molecule has 15 heteroatoms. The Morgan fingerprint density at radius 3 is 2.17 bits per heavy atom. The second-order valence-corrected chi connectivity index (χ2v) is 15.6. The number of sulfonamides is 1. The number of halogens is 2. The summed E-state index contributed by atoms with van der Waals surface area (Å²) in [5.74, 6) is -2.06. The third kappa shape index (κ3) is 11.5. The largest absolute Gasteiger partial charge is 0.497 e. The topological polar surface area (TPSA) is 155 Å². The number of benzene rings is 4. The monoisotopic (exact) mass is 766 g/mol. The van der Waals surface area contributed by atoms with E-state index in [1.54, 1.807) is 75.4 Å². The highest BCUT2D eigenvalue weighted by molar-refractivity contribution is 7.92. The number of nitrogens with zero attached hydrogens (tertiary/aromatic N) is 3. The van der Waals surface area contributed by atoms with Crippen LogP contribution in [0.1, 0.15) is 60.8 Å². The Bertz CT molecular complexity index is 2040. The maximum absolute atomic E-state index is 14.3. The second-order valence-electron chi connectivity index (χ2n) is 13.8. The van der Waals surface area contributed by atoms with Gasteiger partial charge >= 0.3 is 6.09 Å². The number of anilines is 2. The molecule has 2 N–H and O–H groups in total. The summed E-state index contributed by atoms with van der Waals surface area (Å²) in [5, 5.41) is 17.5. The minimum atomic E-state index is -3.99. The number of nitroso groups, excluding NO2 is 1. The maximum Gasteiger partial charge on any atom is 0.410 e. The van der Waals surface area contributed by atoms with Gasteiger partial charge in [0, 0.05) is 18.2 Å². The number of amides is 2. The average Bonchev–Trinajstić information content (AvgIpc) is 3.09. The van der Waals surface area contributed by atoms with Crippen LogP contribution in [0.4, 0.5) is 25.0 Å². The summed E-state index contributed by atoms with van der Waals surface area (Å²) in [6, 6.07) is 19.6.